The monoisotopic (exact) mass is 373 g/mol. The molecule has 1 atom stereocenters. The van der Waals surface area contributed by atoms with Gasteiger partial charge in [0.05, 0.1) is 12.6 Å². The molecule has 27 heavy (non-hydrogen) atoms. The van der Waals surface area contributed by atoms with Crippen molar-refractivity contribution in [1.82, 2.24) is 20.2 Å². The predicted octanol–water partition coefficient (Wildman–Crippen LogP) is 1.79. The first-order valence-electron chi connectivity index (χ1n) is 9.05. The van der Waals surface area contributed by atoms with Crippen molar-refractivity contribution in [3.63, 3.8) is 0 Å². The molecule has 0 spiro atoms. The van der Waals surface area contributed by atoms with Crippen LogP contribution >= 0.6 is 0 Å². The Labute approximate surface area is 156 Å². The van der Waals surface area contributed by atoms with Crippen molar-refractivity contribution in [2.24, 2.45) is 0 Å². The van der Waals surface area contributed by atoms with Crippen LogP contribution in [0.15, 0.2) is 42.6 Å². The highest BCUT2D eigenvalue weighted by molar-refractivity contribution is 5.82. The Morgan fingerprint density at radius 3 is 2.52 bits per heavy atom. The number of carbonyl (C=O) groups is 1. The van der Waals surface area contributed by atoms with Gasteiger partial charge in [-0.15, -0.1) is 0 Å². The van der Waals surface area contributed by atoms with E-state index in [1.807, 2.05) is 36.4 Å². The lowest BCUT2D eigenvalue weighted by Gasteiger charge is -2.36. The van der Waals surface area contributed by atoms with Crippen LogP contribution in [0.3, 0.4) is 0 Å². The van der Waals surface area contributed by atoms with Crippen LogP contribution in [0, 0.1) is 0 Å². The Bertz CT molecular complexity index is 809. The molecule has 2 fully saturated rings. The number of nitrogens with one attached hydrogen (secondary N) is 1. The Morgan fingerprint density at radius 2 is 1.85 bits per heavy atom. The Kier molecular flexibility index (Phi) is 4.73. The number of nitrogens with zero attached hydrogens (tertiary/aromatic N) is 4. The summed E-state index contributed by atoms with van der Waals surface area (Å²) in [5.41, 5.74) is 0.946. The number of alkyl halides is 2. The fraction of sp³-hybridized carbons (Fsp3) is 0.421. The van der Waals surface area contributed by atoms with Gasteiger partial charge >= 0.3 is 0 Å². The lowest BCUT2D eigenvalue weighted by Crippen LogP contribution is -2.53. The van der Waals surface area contributed by atoms with E-state index in [1.165, 1.54) is 0 Å². The van der Waals surface area contributed by atoms with E-state index in [0.29, 0.717) is 32.0 Å². The van der Waals surface area contributed by atoms with Crippen molar-refractivity contribution in [2.45, 2.75) is 18.4 Å². The van der Waals surface area contributed by atoms with Crippen LogP contribution in [0.25, 0.3) is 11.4 Å². The molecule has 6 nitrogen and oxygen atoms in total. The highest BCUT2D eigenvalue weighted by Gasteiger charge is 2.43. The van der Waals surface area contributed by atoms with E-state index < -0.39 is 24.9 Å². The summed E-state index contributed by atoms with van der Waals surface area (Å²) in [6.45, 7) is 1.78. The summed E-state index contributed by atoms with van der Waals surface area (Å²) >= 11 is 0. The summed E-state index contributed by atoms with van der Waals surface area (Å²) in [5, 5.41) is 2.64. The van der Waals surface area contributed by atoms with Gasteiger partial charge in [-0.05, 0) is 6.07 Å². The van der Waals surface area contributed by atoms with Gasteiger partial charge in [0, 0.05) is 44.4 Å². The number of hydrogen-bond acceptors (Lipinski definition) is 5. The minimum atomic E-state index is -2.79. The summed E-state index contributed by atoms with van der Waals surface area (Å²) in [5.74, 6) is -1.57. The quantitative estimate of drug-likeness (QED) is 0.889. The number of carbonyl (C=O) groups excluding carboxylic acids is 1. The third-order valence-electron chi connectivity index (χ3n) is 5.00. The summed E-state index contributed by atoms with van der Waals surface area (Å²) in [6.07, 6.45) is 1.31. The van der Waals surface area contributed by atoms with Gasteiger partial charge < -0.3 is 9.80 Å². The second-order valence-corrected chi connectivity index (χ2v) is 6.91. The molecule has 1 aromatic carbocycles. The largest absolute Gasteiger partial charge is 0.353 e. The van der Waals surface area contributed by atoms with Crippen LogP contribution in [-0.4, -0.2) is 65.5 Å². The lowest BCUT2D eigenvalue weighted by molar-refractivity contribution is -0.134. The van der Waals surface area contributed by atoms with Crippen molar-refractivity contribution in [3.8, 4) is 11.4 Å². The van der Waals surface area contributed by atoms with Gasteiger partial charge in [0.25, 0.3) is 5.92 Å². The molecule has 0 bridgehead atoms. The predicted molar refractivity (Wildman–Crippen MR) is 97.6 cm³/mol. The van der Waals surface area contributed by atoms with Crippen LogP contribution in [0.1, 0.15) is 6.42 Å². The van der Waals surface area contributed by atoms with Crippen molar-refractivity contribution in [1.29, 1.82) is 0 Å². The molecule has 0 saturated carbocycles. The van der Waals surface area contributed by atoms with E-state index in [9.17, 15) is 13.6 Å². The zero-order valence-corrected chi connectivity index (χ0v) is 14.8. The minimum absolute atomic E-state index is 0.237. The van der Waals surface area contributed by atoms with E-state index in [2.05, 4.69) is 20.2 Å². The summed E-state index contributed by atoms with van der Waals surface area (Å²) in [6, 6.07) is 10.8. The van der Waals surface area contributed by atoms with E-state index in [1.54, 1.807) is 11.1 Å². The Morgan fingerprint density at radius 1 is 1.11 bits per heavy atom. The van der Waals surface area contributed by atoms with Gasteiger partial charge in [-0.1, -0.05) is 30.3 Å². The number of aromatic nitrogens is 2. The average molecular weight is 373 g/mol. The maximum absolute atomic E-state index is 13.3. The van der Waals surface area contributed by atoms with Gasteiger partial charge in [-0.3, -0.25) is 10.1 Å². The highest BCUT2D eigenvalue weighted by atomic mass is 19.3. The molecule has 1 amide bonds. The first-order chi connectivity index (χ1) is 13.0. The smallest absolute Gasteiger partial charge is 0.262 e. The molecule has 0 radical (unpaired) electrons. The third-order valence-corrected chi connectivity index (χ3v) is 5.00. The highest BCUT2D eigenvalue weighted by Crippen LogP contribution is 2.26. The molecule has 142 valence electrons. The number of halogens is 2. The van der Waals surface area contributed by atoms with Gasteiger partial charge in [-0.25, -0.2) is 18.7 Å². The topological polar surface area (TPSA) is 61.4 Å². The molecule has 1 unspecified atom stereocenters. The van der Waals surface area contributed by atoms with Crippen molar-refractivity contribution in [3.05, 3.63) is 42.6 Å². The molecule has 4 rings (SSSR count). The maximum Gasteiger partial charge on any atom is 0.262 e. The molecule has 1 aromatic heterocycles. The molecular formula is C19H21F2N5O. The zero-order valence-electron chi connectivity index (χ0n) is 14.8. The molecule has 2 aliphatic rings. The van der Waals surface area contributed by atoms with Crippen LogP contribution in [-0.2, 0) is 4.79 Å². The van der Waals surface area contributed by atoms with Crippen molar-refractivity contribution in [2.75, 3.05) is 37.6 Å². The molecular weight excluding hydrogens is 352 g/mol. The van der Waals surface area contributed by atoms with Gasteiger partial charge in [0.15, 0.2) is 5.82 Å². The number of piperazine rings is 1. The van der Waals surface area contributed by atoms with Crippen LogP contribution in [0.2, 0.25) is 0 Å². The molecule has 2 saturated heterocycles. The normalized spacial score (nSPS) is 22.1. The van der Waals surface area contributed by atoms with Crippen LogP contribution < -0.4 is 10.2 Å². The Hall–Kier alpha value is -2.61. The molecule has 8 heteroatoms. The van der Waals surface area contributed by atoms with E-state index in [0.717, 1.165) is 11.4 Å². The molecule has 0 aliphatic carbocycles. The number of amides is 1. The fourth-order valence-corrected chi connectivity index (χ4v) is 3.52. The second kappa shape index (κ2) is 7.19. The van der Waals surface area contributed by atoms with E-state index >= 15 is 0 Å². The molecule has 3 heterocycles. The van der Waals surface area contributed by atoms with Gasteiger partial charge in [-0.2, -0.15) is 0 Å². The number of hydrogen-bond donors (Lipinski definition) is 1. The summed E-state index contributed by atoms with van der Waals surface area (Å²) < 4.78 is 26.7. The summed E-state index contributed by atoms with van der Waals surface area (Å²) in [4.78, 5) is 25.2. The summed E-state index contributed by atoms with van der Waals surface area (Å²) in [7, 11) is 0. The van der Waals surface area contributed by atoms with E-state index in [-0.39, 0.29) is 5.91 Å². The van der Waals surface area contributed by atoms with E-state index in [4.69, 9.17) is 0 Å². The zero-order chi connectivity index (χ0) is 18.9. The standard InChI is InChI=1S/C19H21F2N5O/c20-19(21)12-15(23-13-19)18(27)26-10-8-25(9-11-26)16-6-7-22-17(24-16)14-4-2-1-3-5-14/h1-7,15,23H,8-13H2. The molecule has 2 aliphatic heterocycles. The van der Waals surface area contributed by atoms with Crippen molar-refractivity contribution >= 4 is 11.7 Å². The average Bonchev–Trinajstić information content (AvgIpc) is 3.08. The van der Waals surface area contributed by atoms with Crippen LogP contribution in [0.4, 0.5) is 14.6 Å². The maximum atomic E-state index is 13.3. The Balaban J connectivity index is 1.39. The van der Waals surface area contributed by atoms with Crippen molar-refractivity contribution < 1.29 is 13.6 Å². The fourth-order valence-electron chi connectivity index (χ4n) is 3.52. The molecule has 1 N–H and O–H groups in total. The number of rotatable bonds is 3. The lowest BCUT2D eigenvalue weighted by atomic mass is 10.1. The third kappa shape index (κ3) is 3.90. The first-order valence-corrected chi connectivity index (χ1v) is 9.05. The first kappa shape index (κ1) is 17.8. The van der Waals surface area contributed by atoms with Gasteiger partial charge in [0.2, 0.25) is 5.91 Å². The number of benzene rings is 1. The number of anilines is 1. The molecule has 2 aromatic rings. The second-order valence-electron chi connectivity index (χ2n) is 6.91. The SMILES string of the molecule is O=C(C1CC(F)(F)CN1)N1CCN(c2ccnc(-c3ccccc3)n2)CC1. The van der Waals surface area contributed by atoms with Gasteiger partial charge in [0.1, 0.15) is 5.82 Å². The minimum Gasteiger partial charge on any atom is -0.353 e. The van der Waals surface area contributed by atoms with Crippen LogP contribution in [0.5, 0.6) is 0 Å².